The summed E-state index contributed by atoms with van der Waals surface area (Å²) in [7, 11) is 0. The number of carbonyl (C=O) groups is 3. The van der Waals surface area contributed by atoms with Gasteiger partial charge < -0.3 is 0 Å². The number of aryl methyl sites for hydroxylation is 1. The minimum absolute atomic E-state index is 0.385. The molecule has 0 aliphatic carbocycles. The Morgan fingerprint density at radius 1 is 0.964 bits per heavy atom. The van der Waals surface area contributed by atoms with E-state index in [4.69, 9.17) is 0 Å². The van der Waals surface area contributed by atoms with E-state index in [1.54, 1.807) is 36.4 Å². The maximum absolute atomic E-state index is 13.0. The maximum atomic E-state index is 13.0. The van der Waals surface area contributed by atoms with Crippen LogP contribution in [-0.2, 0) is 6.42 Å². The summed E-state index contributed by atoms with van der Waals surface area (Å²) in [6, 6.07) is 15.9. The van der Waals surface area contributed by atoms with Crippen LogP contribution in [0.25, 0.3) is 10.8 Å². The number of hydrogen-bond acceptors (Lipinski definition) is 3. The van der Waals surface area contributed by atoms with Crippen molar-refractivity contribution in [2.24, 2.45) is 0 Å². The Morgan fingerprint density at radius 2 is 1.68 bits per heavy atom. The lowest BCUT2D eigenvalue weighted by Gasteiger charge is -2.27. The first-order chi connectivity index (χ1) is 13.5. The molecule has 5 nitrogen and oxygen atoms in total. The summed E-state index contributed by atoms with van der Waals surface area (Å²) in [6.07, 6.45) is 1.62. The zero-order chi connectivity index (χ0) is 19.8. The summed E-state index contributed by atoms with van der Waals surface area (Å²) in [4.78, 5) is 38.8. The molecule has 1 N–H and O–H groups in total. The van der Waals surface area contributed by atoms with Gasteiger partial charge in [0.25, 0.3) is 17.7 Å². The van der Waals surface area contributed by atoms with Gasteiger partial charge in [-0.15, -0.1) is 0 Å². The van der Waals surface area contributed by atoms with E-state index in [0.29, 0.717) is 22.1 Å². The third-order valence-electron chi connectivity index (χ3n) is 4.85. The molecule has 3 amide bonds. The van der Waals surface area contributed by atoms with Gasteiger partial charge in [-0.25, -0.2) is 0 Å². The third kappa shape index (κ3) is 2.90. The molecular formula is C22H17BrN2O3. The molecule has 0 saturated carbocycles. The molecule has 4 rings (SSSR count). The highest BCUT2D eigenvalue weighted by atomic mass is 79.9. The molecule has 1 aliphatic heterocycles. The summed E-state index contributed by atoms with van der Waals surface area (Å²) in [6.45, 7) is 2.03. The molecule has 28 heavy (non-hydrogen) atoms. The van der Waals surface area contributed by atoms with Crippen LogP contribution in [0.15, 0.2) is 59.1 Å². The topological polar surface area (TPSA) is 66.5 Å². The van der Waals surface area contributed by atoms with Gasteiger partial charge >= 0.3 is 0 Å². The molecule has 0 radical (unpaired) electrons. The van der Waals surface area contributed by atoms with E-state index in [-0.39, 0.29) is 0 Å². The van der Waals surface area contributed by atoms with Crippen molar-refractivity contribution in [1.29, 1.82) is 0 Å². The minimum atomic E-state index is -0.539. The number of benzene rings is 3. The van der Waals surface area contributed by atoms with Crippen molar-refractivity contribution in [1.82, 2.24) is 10.4 Å². The van der Waals surface area contributed by atoms with E-state index >= 15 is 0 Å². The SMILES string of the molecule is CCCc1ccccc1C(=O)NN1C(=O)c2cccc3c(Br)ccc(c23)C1=O. The summed E-state index contributed by atoms with van der Waals surface area (Å²) in [5.41, 5.74) is 4.63. The highest BCUT2D eigenvalue weighted by Crippen LogP contribution is 2.33. The normalized spacial score (nSPS) is 13.1. The van der Waals surface area contributed by atoms with Gasteiger partial charge in [0.15, 0.2) is 0 Å². The van der Waals surface area contributed by atoms with Crippen LogP contribution in [0.4, 0.5) is 0 Å². The predicted molar refractivity (Wildman–Crippen MR) is 110 cm³/mol. The Morgan fingerprint density at radius 3 is 2.43 bits per heavy atom. The molecule has 0 aromatic heterocycles. The van der Waals surface area contributed by atoms with Crippen molar-refractivity contribution in [3.8, 4) is 0 Å². The highest BCUT2D eigenvalue weighted by molar-refractivity contribution is 9.10. The van der Waals surface area contributed by atoms with E-state index in [9.17, 15) is 14.4 Å². The average molecular weight is 437 g/mol. The number of hydrazine groups is 1. The first-order valence-electron chi connectivity index (χ1n) is 9.01. The van der Waals surface area contributed by atoms with Gasteiger partial charge in [0, 0.05) is 15.4 Å². The molecule has 1 aliphatic rings. The Kier molecular flexibility index (Phi) is 4.73. The number of halogens is 1. The fraction of sp³-hybridized carbons (Fsp3) is 0.136. The van der Waals surface area contributed by atoms with Gasteiger partial charge in [0.05, 0.1) is 11.1 Å². The van der Waals surface area contributed by atoms with E-state index in [1.165, 1.54) is 0 Å². The zero-order valence-corrected chi connectivity index (χ0v) is 16.7. The van der Waals surface area contributed by atoms with Gasteiger partial charge in [0.2, 0.25) is 0 Å². The lowest BCUT2D eigenvalue weighted by molar-refractivity contribution is 0.0478. The number of imide groups is 1. The lowest BCUT2D eigenvalue weighted by atomic mass is 9.95. The number of carbonyl (C=O) groups excluding carboxylic acids is 3. The largest absolute Gasteiger partial charge is 0.280 e. The van der Waals surface area contributed by atoms with Gasteiger partial charge in [-0.2, -0.15) is 5.01 Å². The van der Waals surface area contributed by atoms with Crippen LogP contribution in [0.1, 0.15) is 50.0 Å². The van der Waals surface area contributed by atoms with Crippen LogP contribution < -0.4 is 5.43 Å². The third-order valence-corrected chi connectivity index (χ3v) is 5.54. The standard InChI is InChI=1S/C22H17BrN2O3/c1-2-6-13-7-3-4-8-14(13)20(26)24-25-21(27)16-10-5-9-15-18(23)12-11-17(19(15)16)22(25)28/h3-5,7-12H,2,6H2,1H3,(H,24,26). The summed E-state index contributed by atoms with van der Waals surface area (Å²) >= 11 is 3.46. The van der Waals surface area contributed by atoms with Gasteiger partial charge in [-0.1, -0.05) is 59.6 Å². The van der Waals surface area contributed by atoms with E-state index < -0.39 is 17.7 Å². The first-order valence-corrected chi connectivity index (χ1v) is 9.81. The second-order valence-electron chi connectivity index (χ2n) is 6.62. The molecule has 0 atom stereocenters. The fourth-order valence-corrected chi connectivity index (χ4v) is 4.02. The van der Waals surface area contributed by atoms with Crippen molar-refractivity contribution >= 4 is 44.4 Å². The quantitative estimate of drug-likeness (QED) is 0.612. The number of amides is 3. The predicted octanol–water partition coefficient (Wildman–Crippen LogP) is 4.50. The van der Waals surface area contributed by atoms with Gasteiger partial charge in [-0.3, -0.25) is 19.8 Å². The second-order valence-corrected chi connectivity index (χ2v) is 7.47. The molecular weight excluding hydrogens is 420 g/mol. The maximum Gasteiger partial charge on any atom is 0.280 e. The number of hydrogen-bond donors (Lipinski definition) is 1. The molecule has 1 heterocycles. The lowest BCUT2D eigenvalue weighted by Crippen LogP contribution is -2.51. The molecule has 3 aromatic rings. The van der Waals surface area contributed by atoms with Crippen LogP contribution >= 0.6 is 15.9 Å². The second kappa shape index (κ2) is 7.20. The Labute approximate surface area is 170 Å². The number of nitrogens with one attached hydrogen (secondary N) is 1. The van der Waals surface area contributed by atoms with Crippen molar-refractivity contribution in [3.63, 3.8) is 0 Å². The van der Waals surface area contributed by atoms with E-state index in [1.807, 2.05) is 25.1 Å². The first kappa shape index (κ1) is 18.4. The molecule has 0 spiro atoms. The molecule has 0 fully saturated rings. The van der Waals surface area contributed by atoms with E-state index in [2.05, 4.69) is 21.4 Å². The summed E-state index contributed by atoms with van der Waals surface area (Å²) in [5, 5.41) is 2.20. The van der Waals surface area contributed by atoms with Crippen LogP contribution in [0.5, 0.6) is 0 Å². The Balaban J connectivity index is 1.73. The monoisotopic (exact) mass is 436 g/mol. The fourth-order valence-electron chi connectivity index (χ4n) is 3.55. The summed E-state index contributed by atoms with van der Waals surface area (Å²) in [5.74, 6) is -1.55. The molecule has 3 aromatic carbocycles. The van der Waals surface area contributed by atoms with Crippen LogP contribution in [0.3, 0.4) is 0 Å². The molecule has 0 unspecified atom stereocenters. The smallest absolute Gasteiger partial charge is 0.267 e. The summed E-state index contributed by atoms with van der Waals surface area (Å²) < 4.78 is 0.805. The van der Waals surface area contributed by atoms with Crippen LogP contribution in [0.2, 0.25) is 0 Å². The highest BCUT2D eigenvalue weighted by Gasteiger charge is 2.34. The van der Waals surface area contributed by atoms with Gasteiger partial charge in [-0.05, 0) is 41.6 Å². The number of rotatable bonds is 4. The van der Waals surface area contributed by atoms with Crippen LogP contribution in [0, 0.1) is 0 Å². The van der Waals surface area contributed by atoms with E-state index in [0.717, 1.165) is 33.3 Å². The van der Waals surface area contributed by atoms with Crippen molar-refractivity contribution in [2.75, 3.05) is 0 Å². The minimum Gasteiger partial charge on any atom is -0.267 e. The Bertz CT molecular complexity index is 1120. The molecule has 6 heteroatoms. The number of nitrogens with zero attached hydrogens (tertiary/aromatic N) is 1. The molecule has 0 saturated heterocycles. The van der Waals surface area contributed by atoms with Crippen molar-refractivity contribution < 1.29 is 14.4 Å². The van der Waals surface area contributed by atoms with Crippen molar-refractivity contribution in [2.45, 2.75) is 19.8 Å². The molecule has 0 bridgehead atoms. The molecule has 140 valence electrons. The average Bonchev–Trinajstić information content (AvgIpc) is 2.71. The van der Waals surface area contributed by atoms with Crippen molar-refractivity contribution in [3.05, 3.63) is 81.3 Å². The Hall–Kier alpha value is -2.99. The van der Waals surface area contributed by atoms with Crippen LogP contribution in [-0.4, -0.2) is 22.7 Å². The van der Waals surface area contributed by atoms with Gasteiger partial charge in [0.1, 0.15) is 0 Å². The zero-order valence-electron chi connectivity index (χ0n) is 15.2.